The van der Waals surface area contributed by atoms with Crippen molar-refractivity contribution < 1.29 is 57.1 Å². The second-order valence-corrected chi connectivity index (χ2v) is 11.5. The number of aliphatic hydroxyl groups excluding tert-OH is 1. The van der Waals surface area contributed by atoms with Gasteiger partial charge in [0.1, 0.15) is 29.6 Å². The molecule has 47 heavy (non-hydrogen) atoms. The number of benzene rings is 2. The van der Waals surface area contributed by atoms with Crippen molar-refractivity contribution in [3.05, 3.63) is 112 Å². The third-order valence-corrected chi connectivity index (χ3v) is 8.66. The summed E-state index contributed by atoms with van der Waals surface area (Å²) in [5, 5.41) is 37.4. The van der Waals surface area contributed by atoms with E-state index < -0.39 is 35.5 Å². The number of amides is 1. The Morgan fingerprint density at radius 1 is 1.21 bits per heavy atom. The molecule has 5 aromatic rings. The number of anilines is 1. The summed E-state index contributed by atoms with van der Waals surface area (Å²) in [6, 6.07) is 15.1. The van der Waals surface area contributed by atoms with Crippen LogP contribution in [0.15, 0.2) is 78.8 Å². The molecule has 0 bridgehead atoms. The quantitative estimate of drug-likeness (QED) is 0.162. The molecule has 1 unspecified atom stereocenters. The fourth-order valence-corrected chi connectivity index (χ4v) is 5.88. The Bertz CT molecular complexity index is 1900. The average Bonchev–Trinajstić information content (AvgIpc) is 3.75. The summed E-state index contributed by atoms with van der Waals surface area (Å²) in [7, 11) is 1.46. The van der Waals surface area contributed by atoms with Crippen LogP contribution < -0.4 is 33.4 Å². The van der Waals surface area contributed by atoms with E-state index in [0.717, 1.165) is 23.8 Å². The third kappa shape index (κ3) is 7.62. The zero-order chi connectivity index (χ0) is 33.0. The Balaban J connectivity index is 0.00000500. The Hall–Kier alpha value is -4.37. The van der Waals surface area contributed by atoms with Gasteiger partial charge in [-0.1, -0.05) is 25.1 Å². The van der Waals surface area contributed by atoms with Crippen LogP contribution in [0.3, 0.4) is 0 Å². The Morgan fingerprint density at radius 3 is 2.66 bits per heavy atom. The van der Waals surface area contributed by atoms with Gasteiger partial charge < -0.3 is 38.9 Å². The van der Waals surface area contributed by atoms with Gasteiger partial charge in [0.2, 0.25) is 12.6 Å². The first-order valence-corrected chi connectivity index (χ1v) is 15.0. The highest BCUT2D eigenvalue weighted by atomic mass is 127. The largest absolute Gasteiger partial charge is 1.00 e. The molecular formula is C32H30F2IN7O4S. The molecule has 5 rings (SSSR count). The minimum atomic E-state index is -2.02. The number of nitriles is 1. The van der Waals surface area contributed by atoms with Crippen LogP contribution in [-0.4, -0.2) is 43.1 Å². The number of carbonyl (C=O) groups excluding carboxylic acids is 1. The second-order valence-electron chi connectivity index (χ2n) is 10.6. The van der Waals surface area contributed by atoms with E-state index in [1.54, 1.807) is 55.6 Å². The van der Waals surface area contributed by atoms with Crippen molar-refractivity contribution in [3.63, 3.8) is 0 Å². The van der Waals surface area contributed by atoms with Crippen LogP contribution in [0.25, 0.3) is 11.3 Å². The maximum Gasteiger partial charge on any atom is 0.418 e. The average molecular weight is 774 g/mol. The van der Waals surface area contributed by atoms with E-state index in [2.05, 4.69) is 21.1 Å². The molecule has 0 fully saturated rings. The van der Waals surface area contributed by atoms with E-state index in [1.165, 1.54) is 51.4 Å². The van der Waals surface area contributed by atoms with Gasteiger partial charge in [0.25, 0.3) is 6.33 Å². The molecule has 3 aromatic heterocycles. The molecule has 1 amide bonds. The molecule has 0 aliphatic rings. The number of rotatable bonds is 10. The molecule has 0 spiro atoms. The Kier molecular flexibility index (Phi) is 11.3. The van der Waals surface area contributed by atoms with Gasteiger partial charge in [0.05, 0.1) is 28.9 Å². The standard InChI is InChI=1S/C32H30F2N7O4S.HI/c1-20(30-38-28(16-46-30)23-8-6-22(14-35)7-9-23)32(44,26-13-25(33)10-11-27(26)34)17-41-19-40(18-37-41)21(2)45-31(43)39(3)29-24(15-42)5-4-12-36-29;/h4-13,16,18-21,42,44H,15,17H2,1-3H3;1H/q+1;/p-1/t20-,21?,32+;/m0./s1. The Morgan fingerprint density at radius 2 is 1.96 bits per heavy atom. The molecule has 0 saturated carbocycles. The minimum absolute atomic E-state index is 0. The topological polar surface area (TPSA) is 141 Å². The summed E-state index contributed by atoms with van der Waals surface area (Å²) >= 11 is 1.25. The van der Waals surface area contributed by atoms with Crippen LogP contribution in [-0.2, 0) is 23.5 Å². The minimum Gasteiger partial charge on any atom is -1.00 e. The molecule has 244 valence electrons. The highest BCUT2D eigenvalue weighted by Gasteiger charge is 2.43. The summed E-state index contributed by atoms with van der Waals surface area (Å²) in [6.07, 6.45) is 2.72. The molecule has 0 aliphatic carbocycles. The van der Waals surface area contributed by atoms with Gasteiger partial charge >= 0.3 is 6.09 Å². The predicted molar refractivity (Wildman–Crippen MR) is 163 cm³/mol. The van der Waals surface area contributed by atoms with Crippen molar-refractivity contribution in [2.45, 2.75) is 44.7 Å². The van der Waals surface area contributed by atoms with Gasteiger partial charge in [-0.2, -0.15) is 9.83 Å². The van der Waals surface area contributed by atoms with Crippen LogP contribution in [0.5, 0.6) is 0 Å². The fraction of sp³-hybridized carbons (Fsp3) is 0.250. The number of hydrogen-bond donors (Lipinski definition) is 2. The zero-order valence-electron chi connectivity index (χ0n) is 25.5. The molecule has 11 nitrogen and oxygen atoms in total. The smallest absolute Gasteiger partial charge is 0.418 e. The van der Waals surface area contributed by atoms with Gasteiger partial charge in [0.15, 0.2) is 0 Å². The molecule has 0 saturated heterocycles. The molecule has 3 heterocycles. The highest BCUT2D eigenvalue weighted by Crippen LogP contribution is 2.41. The monoisotopic (exact) mass is 773 g/mol. The predicted octanol–water partition coefficient (Wildman–Crippen LogP) is 1.82. The van der Waals surface area contributed by atoms with Gasteiger partial charge in [-0.25, -0.2) is 23.5 Å². The normalized spacial score (nSPS) is 13.5. The number of ether oxygens (including phenoxy) is 1. The lowest BCUT2D eigenvalue weighted by molar-refractivity contribution is -0.753. The molecule has 2 N–H and O–H groups in total. The van der Waals surface area contributed by atoms with Crippen LogP contribution in [0, 0.1) is 23.0 Å². The van der Waals surface area contributed by atoms with Crippen molar-refractivity contribution in [3.8, 4) is 17.3 Å². The van der Waals surface area contributed by atoms with E-state index in [1.807, 2.05) is 0 Å². The number of carbonyl (C=O) groups is 1. The van der Waals surface area contributed by atoms with Crippen molar-refractivity contribution >= 4 is 23.2 Å². The SMILES string of the molecule is CC(OC(=O)N(C)c1ncccc1CO)[n+]1cnn(C[C@](O)(c2cc(F)ccc2F)[C@@H](C)c2nc(-c3ccc(C#N)cc3)cs2)c1.[I-]. The fourth-order valence-electron chi connectivity index (χ4n) is 4.91. The zero-order valence-corrected chi connectivity index (χ0v) is 28.4. The van der Waals surface area contributed by atoms with Crippen molar-refractivity contribution in [2.75, 3.05) is 11.9 Å². The highest BCUT2D eigenvalue weighted by molar-refractivity contribution is 7.10. The molecule has 3 atom stereocenters. The van der Waals surface area contributed by atoms with Gasteiger partial charge in [-0.3, -0.25) is 4.90 Å². The number of pyridine rings is 1. The number of nitrogens with zero attached hydrogens (tertiary/aromatic N) is 7. The van der Waals surface area contributed by atoms with Crippen LogP contribution >= 0.6 is 11.3 Å². The number of thiazole rings is 1. The number of aliphatic hydroxyl groups is 2. The molecule has 2 aromatic carbocycles. The van der Waals surface area contributed by atoms with E-state index in [-0.39, 0.29) is 48.5 Å². The van der Waals surface area contributed by atoms with E-state index in [4.69, 9.17) is 10.00 Å². The molecule has 15 heteroatoms. The van der Waals surface area contributed by atoms with Gasteiger partial charge in [-0.15, -0.1) is 16.0 Å². The lowest BCUT2D eigenvalue weighted by Crippen LogP contribution is -3.00. The number of halogens is 3. The lowest BCUT2D eigenvalue weighted by Gasteiger charge is -2.32. The maximum atomic E-state index is 15.2. The molecule has 0 aliphatic heterocycles. The van der Waals surface area contributed by atoms with E-state index in [0.29, 0.717) is 21.8 Å². The number of hydrogen-bond acceptors (Lipinski definition) is 9. The first-order valence-electron chi connectivity index (χ1n) is 14.1. The van der Waals surface area contributed by atoms with Crippen molar-refractivity contribution in [1.82, 2.24) is 19.7 Å². The summed E-state index contributed by atoms with van der Waals surface area (Å²) in [6.45, 7) is 2.65. The van der Waals surface area contributed by atoms with Crippen molar-refractivity contribution in [1.29, 1.82) is 5.26 Å². The van der Waals surface area contributed by atoms with Crippen molar-refractivity contribution in [2.24, 2.45) is 0 Å². The first-order chi connectivity index (χ1) is 22.0. The third-order valence-electron chi connectivity index (χ3n) is 7.64. The summed E-state index contributed by atoms with van der Waals surface area (Å²) in [4.78, 5) is 22.9. The summed E-state index contributed by atoms with van der Waals surface area (Å²) < 4.78 is 38.0. The first kappa shape index (κ1) is 35.5. The Labute approximate surface area is 290 Å². The van der Waals surface area contributed by atoms with Gasteiger partial charge in [0, 0.05) is 53.3 Å². The molecular weight excluding hydrogens is 743 g/mol. The summed E-state index contributed by atoms with van der Waals surface area (Å²) in [5.74, 6) is -2.12. The molecule has 0 radical (unpaired) electrons. The number of aromatic nitrogens is 5. The van der Waals surface area contributed by atoms with Crippen LogP contribution in [0.2, 0.25) is 0 Å². The van der Waals surface area contributed by atoms with E-state index >= 15 is 4.39 Å². The summed E-state index contributed by atoms with van der Waals surface area (Å²) in [5.41, 5.74) is 0.0148. The maximum absolute atomic E-state index is 15.2. The lowest BCUT2D eigenvalue weighted by atomic mass is 9.82. The van der Waals surface area contributed by atoms with Gasteiger partial charge in [-0.05, 0) is 36.4 Å². The van der Waals surface area contributed by atoms with E-state index in [9.17, 15) is 19.4 Å². The van der Waals surface area contributed by atoms with Crippen LogP contribution in [0.1, 0.15) is 47.7 Å². The second kappa shape index (κ2) is 15.0. The van der Waals surface area contributed by atoms with Crippen LogP contribution in [0.4, 0.5) is 19.4 Å².